The molecule has 0 aliphatic rings. The van der Waals surface area contributed by atoms with E-state index in [9.17, 15) is 9.50 Å². The predicted molar refractivity (Wildman–Crippen MR) is 60.0 cm³/mol. The fourth-order valence-electron chi connectivity index (χ4n) is 1.36. The normalized spacial score (nSPS) is 11.6. The van der Waals surface area contributed by atoms with Gasteiger partial charge in [0.05, 0.1) is 17.6 Å². The van der Waals surface area contributed by atoms with E-state index in [1.54, 1.807) is 32.2 Å². The third-order valence-electron chi connectivity index (χ3n) is 2.14. The maximum atomic E-state index is 14.0. The maximum absolute atomic E-state index is 14.0. The number of aliphatic hydroxyl groups is 1. The first-order valence-electron chi connectivity index (χ1n) is 4.55. The monoisotopic (exact) mass is 230 g/mol. The molecule has 1 aromatic rings. The number of ether oxygens (including phenoxy) is 1. The minimum atomic E-state index is -1.18. The van der Waals surface area contributed by atoms with E-state index in [0.29, 0.717) is 10.6 Å². The Morgan fingerprint density at radius 1 is 1.40 bits per heavy atom. The standard InChI is InChI=1S/C11H15FO2S/c1-11(2,13)7-5-6-8(14-3)10(15-4)9(7)12/h5-6,13H,1-4H3. The predicted octanol–water partition coefficient (Wildman–Crippen LogP) is 2.78. The van der Waals surface area contributed by atoms with Gasteiger partial charge in [0.2, 0.25) is 0 Å². The summed E-state index contributed by atoms with van der Waals surface area (Å²) in [6, 6.07) is 3.22. The first-order valence-corrected chi connectivity index (χ1v) is 5.77. The molecule has 0 radical (unpaired) electrons. The lowest BCUT2D eigenvalue weighted by molar-refractivity contribution is 0.0738. The Bertz CT molecular complexity index is 358. The van der Waals surface area contributed by atoms with Crippen LogP contribution in [-0.2, 0) is 5.60 Å². The third kappa shape index (κ3) is 2.44. The molecule has 0 aromatic heterocycles. The van der Waals surface area contributed by atoms with E-state index >= 15 is 0 Å². The van der Waals surface area contributed by atoms with Crippen LogP contribution >= 0.6 is 11.8 Å². The largest absolute Gasteiger partial charge is 0.495 e. The van der Waals surface area contributed by atoms with Gasteiger partial charge in [-0.25, -0.2) is 4.39 Å². The van der Waals surface area contributed by atoms with Gasteiger partial charge in [-0.15, -0.1) is 11.8 Å². The van der Waals surface area contributed by atoms with Gasteiger partial charge in [-0.05, 0) is 32.2 Å². The van der Waals surface area contributed by atoms with Crippen LogP contribution in [0.5, 0.6) is 5.75 Å². The highest BCUT2D eigenvalue weighted by atomic mass is 32.2. The van der Waals surface area contributed by atoms with Crippen LogP contribution in [0.15, 0.2) is 17.0 Å². The van der Waals surface area contributed by atoms with E-state index in [1.165, 1.54) is 18.9 Å². The SMILES string of the molecule is COc1ccc(C(C)(C)O)c(F)c1SC. The average Bonchev–Trinajstić information content (AvgIpc) is 2.15. The van der Waals surface area contributed by atoms with Crippen LogP contribution in [0, 0.1) is 5.82 Å². The van der Waals surface area contributed by atoms with Crippen molar-refractivity contribution in [1.82, 2.24) is 0 Å². The van der Waals surface area contributed by atoms with E-state index in [0.717, 1.165) is 0 Å². The Labute approximate surface area is 93.5 Å². The summed E-state index contributed by atoms with van der Waals surface area (Å²) in [6.45, 7) is 3.12. The smallest absolute Gasteiger partial charge is 0.146 e. The summed E-state index contributed by atoms with van der Waals surface area (Å²) in [5.41, 5.74) is -0.895. The quantitative estimate of drug-likeness (QED) is 0.810. The number of benzene rings is 1. The molecule has 0 atom stereocenters. The molecule has 0 saturated heterocycles. The minimum absolute atomic E-state index is 0.285. The Morgan fingerprint density at radius 2 is 2.00 bits per heavy atom. The topological polar surface area (TPSA) is 29.5 Å². The fourth-order valence-corrected chi connectivity index (χ4v) is 2.00. The molecule has 0 saturated carbocycles. The molecule has 1 rings (SSSR count). The van der Waals surface area contributed by atoms with Crippen LogP contribution in [-0.4, -0.2) is 18.5 Å². The van der Waals surface area contributed by atoms with Gasteiger partial charge < -0.3 is 9.84 Å². The summed E-state index contributed by atoms with van der Waals surface area (Å²) in [5.74, 6) is 0.0855. The van der Waals surface area contributed by atoms with Gasteiger partial charge in [0.1, 0.15) is 11.6 Å². The molecule has 0 unspecified atom stereocenters. The molecular formula is C11H15FO2S. The van der Waals surface area contributed by atoms with Crippen molar-refractivity contribution in [2.24, 2.45) is 0 Å². The number of hydrogen-bond donors (Lipinski definition) is 1. The summed E-state index contributed by atoms with van der Waals surface area (Å²) in [6.07, 6.45) is 1.77. The molecular weight excluding hydrogens is 215 g/mol. The maximum Gasteiger partial charge on any atom is 0.146 e. The Balaban J connectivity index is 3.36. The van der Waals surface area contributed by atoms with Gasteiger partial charge in [-0.2, -0.15) is 0 Å². The number of methoxy groups -OCH3 is 1. The molecule has 0 fully saturated rings. The number of thioether (sulfide) groups is 1. The lowest BCUT2D eigenvalue weighted by Crippen LogP contribution is -2.18. The second kappa shape index (κ2) is 4.41. The van der Waals surface area contributed by atoms with Gasteiger partial charge >= 0.3 is 0 Å². The van der Waals surface area contributed by atoms with Gasteiger partial charge in [0, 0.05) is 5.56 Å². The summed E-state index contributed by atoms with van der Waals surface area (Å²) < 4.78 is 19.0. The van der Waals surface area contributed by atoms with Gasteiger partial charge in [-0.1, -0.05) is 0 Å². The van der Waals surface area contributed by atoms with Crippen LogP contribution in [0.3, 0.4) is 0 Å². The zero-order chi connectivity index (χ0) is 11.6. The lowest BCUT2D eigenvalue weighted by atomic mass is 9.98. The lowest BCUT2D eigenvalue weighted by Gasteiger charge is -2.20. The molecule has 15 heavy (non-hydrogen) atoms. The fraction of sp³-hybridized carbons (Fsp3) is 0.455. The minimum Gasteiger partial charge on any atom is -0.495 e. The second-order valence-electron chi connectivity index (χ2n) is 3.72. The molecule has 0 bridgehead atoms. The zero-order valence-electron chi connectivity index (χ0n) is 9.30. The van der Waals surface area contributed by atoms with Crippen molar-refractivity contribution in [2.75, 3.05) is 13.4 Å². The van der Waals surface area contributed by atoms with Crippen molar-refractivity contribution < 1.29 is 14.2 Å². The molecule has 2 nitrogen and oxygen atoms in total. The van der Waals surface area contributed by atoms with Crippen LogP contribution in [0.2, 0.25) is 0 Å². The van der Waals surface area contributed by atoms with Crippen molar-refractivity contribution >= 4 is 11.8 Å². The summed E-state index contributed by atoms with van der Waals surface area (Å²) >= 11 is 1.27. The summed E-state index contributed by atoms with van der Waals surface area (Å²) in [5, 5.41) is 9.76. The molecule has 0 aliphatic carbocycles. The number of halogens is 1. The van der Waals surface area contributed by atoms with Crippen molar-refractivity contribution in [1.29, 1.82) is 0 Å². The molecule has 4 heteroatoms. The summed E-state index contributed by atoms with van der Waals surface area (Å²) in [4.78, 5) is 0.428. The molecule has 84 valence electrons. The van der Waals surface area contributed by atoms with Crippen molar-refractivity contribution in [3.63, 3.8) is 0 Å². The number of rotatable bonds is 3. The van der Waals surface area contributed by atoms with Gasteiger partial charge in [0.25, 0.3) is 0 Å². The highest BCUT2D eigenvalue weighted by Gasteiger charge is 2.24. The van der Waals surface area contributed by atoms with E-state index in [4.69, 9.17) is 4.74 Å². The van der Waals surface area contributed by atoms with E-state index < -0.39 is 11.4 Å². The van der Waals surface area contributed by atoms with Crippen molar-refractivity contribution in [2.45, 2.75) is 24.3 Å². The van der Waals surface area contributed by atoms with Crippen LogP contribution in [0.1, 0.15) is 19.4 Å². The van der Waals surface area contributed by atoms with E-state index in [2.05, 4.69) is 0 Å². The molecule has 0 heterocycles. The first-order chi connectivity index (χ1) is 6.91. The molecule has 0 aliphatic heterocycles. The second-order valence-corrected chi connectivity index (χ2v) is 4.54. The van der Waals surface area contributed by atoms with E-state index in [-0.39, 0.29) is 5.56 Å². The van der Waals surface area contributed by atoms with Crippen molar-refractivity contribution in [3.8, 4) is 5.75 Å². The Kier molecular flexibility index (Phi) is 3.62. The highest BCUT2D eigenvalue weighted by molar-refractivity contribution is 7.98. The molecule has 0 spiro atoms. The van der Waals surface area contributed by atoms with Crippen LogP contribution in [0.25, 0.3) is 0 Å². The third-order valence-corrected chi connectivity index (χ3v) is 2.93. The molecule has 1 aromatic carbocycles. The molecule has 0 amide bonds. The molecule has 1 N–H and O–H groups in total. The average molecular weight is 230 g/mol. The van der Waals surface area contributed by atoms with Crippen LogP contribution < -0.4 is 4.74 Å². The van der Waals surface area contributed by atoms with Crippen molar-refractivity contribution in [3.05, 3.63) is 23.5 Å². The highest BCUT2D eigenvalue weighted by Crippen LogP contribution is 2.35. The Hall–Kier alpha value is -0.740. The van der Waals surface area contributed by atoms with Gasteiger partial charge in [0.15, 0.2) is 0 Å². The Morgan fingerprint density at radius 3 is 2.40 bits per heavy atom. The number of hydrogen-bond acceptors (Lipinski definition) is 3. The first kappa shape index (κ1) is 12.3. The zero-order valence-corrected chi connectivity index (χ0v) is 10.1. The van der Waals surface area contributed by atoms with Crippen LogP contribution in [0.4, 0.5) is 4.39 Å². The van der Waals surface area contributed by atoms with Gasteiger partial charge in [-0.3, -0.25) is 0 Å². The summed E-state index contributed by atoms with van der Waals surface area (Å²) in [7, 11) is 1.50. The van der Waals surface area contributed by atoms with E-state index in [1.807, 2.05) is 0 Å².